The Labute approximate surface area is 192 Å². The summed E-state index contributed by atoms with van der Waals surface area (Å²) in [5.41, 5.74) is 5.25. The van der Waals surface area contributed by atoms with Crippen LogP contribution in [0.3, 0.4) is 0 Å². The van der Waals surface area contributed by atoms with Crippen molar-refractivity contribution in [3.05, 3.63) is 93.6 Å². The molecule has 6 heteroatoms. The topological polar surface area (TPSA) is 58.6 Å². The number of imide groups is 1. The molecule has 4 rings (SSSR count). The van der Waals surface area contributed by atoms with Crippen molar-refractivity contribution >= 4 is 40.4 Å². The maximum atomic E-state index is 13.6. The van der Waals surface area contributed by atoms with E-state index in [1.807, 2.05) is 39.0 Å². The van der Waals surface area contributed by atoms with E-state index in [1.54, 1.807) is 49.6 Å². The van der Waals surface area contributed by atoms with Gasteiger partial charge in [-0.25, -0.2) is 4.90 Å². The maximum Gasteiger partial charge on any atom is 0.282 e. The van der Waals surface area contributed by atoms with Crippen molar-refractivity contribution in [3.8, 4) is 5.75 Å². The summed E-state index contributed by atoms with van der Waals surface area (Å²) in [4.78, 5) is 28.4. The zero-order chi connectivity index (χ0) is 23.0. The molecule has 3 aromatic carbocycles. The van der Waals surface area contributed by atoms with E-state index in [9.17, 15) is 9.59 Å². The minimum absolute atomic E-state index is 0.228. The second-order valence-electron chi connectivity index (χ2n) is 7.80. The average Bonchev–Trinajstić information content (AvgIpc) is 3.01. The van der Waals surface area contributed by atoms with Crippen LogP contribution in [0.1, 0.15) is 22.3 Å². The van der Waals surface area contributed by atoms with Gasteiger partial charge >= 0.3 is 0 Å². The molecule has 1 heterocycles. The van der Waals surface area contributed by atoms with Gasteiger partial charge in [0.25, 0.3) is 11.8 Å². The number of hydrogen-bond donors (Lipinski definition) is 1. The number of hydrogen-bond acceptors (Lipinski definition) is 4. The van der Waals surface area contributed by atoms with Crippen LogP contribution in [0.5, 0.6) is 5.75 Å². The first-order valence-corrected chi connectivity index (χ1v) is 10.6. The first-order valence-electron chi connectivity index (χ1n) is 10.2. The molecule has 162 valence electrons. The molecule has 0 aliphatic carbocycles. The predicted octanol–water partition coefficient (Wildman–Crippen LogP) is 5.67. The summed E-state index contributed by atoms with van der Waals surface area (Å²) in [6.45, 7) is 5.81. The summed E-state index contributed by atoms with van der Waals surface area (Å²) in [5.74, 6) is -0.165. The van der Waals surface area contributed by atoms with Crippen molar-refractivity contribution < 1.29 is 14.3 Å². The molecule has 0 bridgehead atoms. The molecule has 0 atom stereocenters. The van der Waals surface area contributed by atoms with E-state index in [2.05, 4.69) is 5.32 Å². The van der Waals surface area contributed by atoms with Crippen LogP contribution in [0.4, 0.5) is 11.4 Å². The molecule has 1 N–H and O–H groups in total. The van der Waals surface area contributed by atoms with E-state index in [-0.39, 0.29) is 5.70 Å². The van der Waals surface area contributed by atoms with Crippen molar-refractivity contribution in [2.75, 3.05) is 17.3 Å². The molecular formula is C26H23ClN2O3. The lowest BCUT2D eigenvalue weighted by molar-refractivity contribution is -0.120. The third-order valence-corrected chi connectivity index (χ3v) is 5.75. The fourth-order valence-corrected chi connectivity index (χ4v) is 3.97. The number of rotatable bonds is 5. The Balaban J connectivity index is 1.86. The predicted molar refractivity (Wildman–Crippen MR) is 128 cm³/mol. The zero-order valence-electron chi connectivity index (χ0n) is 18.3. The Kier molecular flexibility index (Phi) is 5.76. The number of benzene rings is 3. The molecule has 1 aliphatic rings. The third kappa shape index (κ3) is 3.87. The van der Waals surface area contributed by atoms with Crippen LogP contribution in [0, 0.1) is 20.8 Å². The fraction of sp³-hybridized carbons (Fsp3) is 0.154. The largest absolute Gasteiger partial charge is 0.497 e. The number of amides is 2. The molecule has 1 aliphatic heterocycles. The Bertz CT molecular complexity index is 1260. The van der Waals surface area contributed by atoms with Crippen LogP contribution >= 0.6 is 11.6 Å². The van der Waals surface area contributed by atoms with Crippen molar-refractivity contribution in [1.29, 1.82) is 0 Å². The molecule has 0 saturated carbocycles. The molecule has 3 aromatic rings. The first kappa shape index (κ1) is 21.7. The number of ether oxygens (including phenoxy) is 1. The van der Waals surface area contributed by atoms with Gasteiger partial charge in [-0.1, -0.05) is 47.5 Å². The summed E-state index contributed by atoms with van der Waals surface area (Å²) < 4.78 is 5.24. The number of nitrogens with zero attached hydrogens (tertiary/aromatic N) is 1. The smallest absolute Gasteiger partial charge is 0.282 e. The number of halogens is 1. The lowest BCUT2D eigenvalue weighted by atomic mass is 10.0. The second-order valence-corrected chi connectivity index (χ2v) is 8.23. The first-order chi connectivity index (χ1) is 15.3. The van der Waals surface area contributed by atoms with Crippen molar-refractivity contribution in [2.24, 2.45) is 0 Å². The highest BCUT2D eigenvalue weighted by Crippen LogP contribution is 2.37. The van der Waals surface area contributed by atoms with E-state index >= 15 is 0 Å². The average molecular weight is 447 g/mol. The summed E-state index contributed by atoms with van der Waals surface area (Å²) in [5, 5.41) is 3.68. The van der Waals surface area contributed by atoms with E-state index in [0.717, 1.165) is 22.4 Å². The summed E-state index contributed by atoms with van der Waals surface area (Å²) in [6.07, 6.45) is 0. The van der Waals surface area contributed by atoms with E-state index in [1.165, 1.54) is 4.90 Å². The number of methoxy groups -OCH3 is 1. The normalized spacial score (nSPS) is 13.7. The quantitative estimate of drug-likeness (QED) is 0.513. The van der Waals surface area contributed by atoms with Gasteiger partial charge in [-0.15, -0.1) is 0 Å². The molecule has 32 heavy (non-hydrogen) atoms. The van der Waals surface area contributed by atoms with E-state index in [0.29, 0.717) is 27.6 Å². The van der Waals surface area contributed by atoms with Crippen LogP contribution in [-0.4, -0.2) is 18.9 Å². The van der Waals surface area contributed by atoms with Crippen molar-refractivity contribution in [3.63, 3.8) is 0 Å². The van der Waals surface area contributed by atoms with Gasteiger partial charge in [0.05, 0.1) is 18.4 Å². The Morgan fingerprint density at radius 2 is 1.56 bits per heavy atom. The molecule has 5 nitrogen and oxygen atoms in total. The van der Waals surface area contributed by atoms with E-state index in [4.69, 9.17) is 16.3 Å². The van der Waals surface area contributed by atoms with Crippen LogP contribution < -0.4 is 15.0 Å². The van der Waals surface area contributed by atoms with Gasteiger partial charge in [0.2, 0.25) is 0 Å². The van der Waals surface area contributed by atoms with Gasteiger partial charge in [-0.05, 0) is 67.8 Å². The number of carbonyl (C=O) groups excluding carboxylic acids is 2. The standard InChI is InChI=1S/C26H23ClN2O3/c1-15-5-12-21(17(3)13-15)28-24-23(18-7-10-20(32-4)11-8-18)25(30)29(26(24)31)22-14-19(27)9-6-16(22)2/h5-14,28H,1-4H3. The highest BCUT2D eigenvalue weighted by Gasteiger charge is 2.41. The molecule has 0 aromatic heterocycles. The van der Waals surface area contributed by atoms with Crippen molar-refractivity contribution in [1.82, 2.24) is 0 Å². The van der Waals surface area contributed by atoms with Gasteiger partial charge in [0.1, 0.15) is 11.4 Å². The number of carbonyl (C=O) groups is 2. The van der Waals surface area contributed by atoms with Crippen LogP contribution in [-0.2, 0) is 9.59 Å². The minimum atomic E-state index is -0.425. The highest BCUT2D eigenvalue weighted by atomic mass is 35.5. The molecule has 0 saturated heterocycles. The van der Waals surface area contributed by atoms with Crippen molar-refractivity contribution in [2.45, 2.75) is 20.8 Å². The third-order valence-electron chi connectivity index (χ3n) is 5.52. The Morgan fingerprint density at radius 1 is 0.844 bits per heavy atom. The molecule has 0 unspecified atom stereocenters. The number of aryl methyl sites for hydroxylation is 3. The monoisotopic (exact) mass is 446 g/mol. The Hall–Kier alpha value is -3.57. The molecular weight excluding hydrogens is 424 g/mol. The van der Waals surface area contributed by atoms with Crippen LogP contribution in [0.15, 0.2) is 66.4 Å². The van der Waals surface area contributed by atoms with Gasteiger partial charge in [0.15, 0.2) is 0 Å². The summed E-state index contributed by atoms with van der Waals surface area (Å²) >= 11 is 6.19. The lowest BCUT2D eigenvalue weighted by Gasteiger charge is -2.18. The number of anilines is 2. The maximum absolute atomic E-state index is 13.6. The van der Waals surface area contributed by atoms with Gasteiger partial charge in [-0.2, -0.15) is 0 Å². The molecule has 2 amide bonds. The molecule has 0 fully saturated rings. The fourth-order valence-electron chi connectivity index (χ4n) is 3.80. The van der Waals surface area contributed by atoms with Gasteiger partial charge in [0, 0.05) is 10.7 Å². The van der Waals surface area contributed by atoms with Crippen LogP contribution in [0.25, 0.3) is 5.57 Å². The van der Waals surface area contributed by atoms with Gasteiger partial charge < -0.3 is 10.1 Å². The minimum Gasteiger partial charge on any atom is -0.497 e. The second kappa shape index (κ2) is 8.52. The summed E-state index contributed by atoms with van der Waals surface area (Å²) in [7, 11) is 1.58. The Morgan fingerprint density at radius 3 is 2.22 bits per heavy atom. The van der Waals surface area contributed by atoms with Gasteiger partial charge in [-0.3, -0.25) is 9.59 Å². The summed E-state index contributed by atoms with van der Waals surface area (Å²) in [6, 6.07) is 18.1. The van der Waals surface area contributed by atoms with E-state index < -0.39 is 11.8 Å². The molecule has 0 spiro atoms. The van der Waals surface area contributed by atoms with Crippen LogP contribution in [0.2, 0.25) is 5.02 Å². The molecule has 0 radical (unpaired) electrons. The highest BCUT2D eigenvalue weighted by molar-refractivity contribution is 6.46. The zero-order valence-corrected chi connectivity index (χ0v) is 19.1. The number of nitrogens with one attached hydrogen (secondary N) is 1. The lowest BCUT2D eigenvalue weighted by Crippen LogP contribution is -2.33. The SMILES string of the molecule is COc1ccc(C2=C(Nc3ccc(C)cc3C)C(=O)N(c3cc(Cl)ccc3C)C2=O)cc1.